The molecule has 0 radical (unpaired) electrons. The predicted octanol–water partition coefficient (Wildman–Crippen LogP) is 2.95. The molecule has 20 heavy (non-hydrogen) atoms. The Hall–Kier alpha value is -2.40. The number of para-hydroxylation sites is 1. The highest BCUT2D eigenvalue weighted by molar-refractivity contribution is 6.30. The van der Waals surface area contributed by atoms with Gasteiger partial charge in [0.2, 0.25) is 5.91 Å². The molecule has 0 unspecified atom stereocenters. The van der Waals surface area contributed by atoms with Crippen molar-refractivity contribution in [3.05, 3.63) is 53.2 Å². The number of pyridine rings is 1. The van der Waals surface area contributed by atoms with E-state index in [9.17, 15) is 9.59 Å². The molecule has 102 valence electrons. The molecule has 2 N–H and O–H groups in total. The van der Waals surface area contributed by atoms with E-state index >= 15 is 0 Å². The van der Waals surface area contributed by atoms with Gasteiger partial charge >= 0.3 is 0 Å². The van der Waals surface area contributed by atoms with Crippen LogP contribution in [0.5, 0.6) is 0 Å². The molecule has 0 saturated heterocycles. The first-order chi connectivity index (χ1) is 9.56. The average Bonchev–Trinajstić information content (AvgIpc) is 2.41. The minimum absolute atomic E-state index is 0.241. The van der Waals surface area contributed by atoms with E-state index in [1.165, 1.54) is 13.1 Å². The lowest BCUT2D eigenvalue weighted by molar-refractivity contribution is -0.114. The zero-order valence-corrected chi connectivity index (χ0v) is 11.4. The fourth-order valence-corrected chi connectivity index (χ4v) is 1.72. The lowest BCUT2D eigenvalue weighted by atomic mass is 10.1. The van der Waals surface area contributed by atoms with Crippen molar-refractivity contribution in [1.29, 1.82) is 0 Å². The maximum Gasteiger partial charge on any atom is 0.258 e. The quantitative estimate of drug-likeness (QED) is 0.912. The predicted molar refractivity (Wildman–Crippen MR) is 77.9 cm³/mol. The zero-order valence-electron chi connectivity index (χ0n) is 10.7. The van der Waals surface area contributed by atoms with E-state index in [2.05, 4.69) is 15.6 Å². The first-order valence-corrected chi connectivity index (χ1v) is 6.23. The number of benzene rings is 1. The molecular weight excluding hydrogens is 278 g/mol. The second-order valence-electron chi connectivity index (χ2n) is 4.04. The number of nitrogens with one attached hydrogen (secondary N) is 2. The molecule has 0 aliphatic carbocycles. The Labute approximate surface area is 121 Å². The summed E-state index contributed by atoms with van der Waals surface area (Å²) in [6.45, 7) is 1.38. The molecule has 0 saturated carbocycles. The van der Waals surface area contributed by atoms with Crippen molar-refractivity contribution in [1.82, 2.24) is 4.98 Å². The van der Waals surface area contributed by atoms with Crippen molar-refractivity contribution < 1.29 is 9.59 Å². The lowest BCUT2D eigenvalue weighted by Crippen LogP contribution is -2.17. The molecule has 2 rings (SSSR count). The molecular formula is C14H12ClN3O2. The third-order valence-electron chi connectivity index (χ3n) is 2.45. The first kappa shape index (κ1) is 14.0. The van der Waals surface area contributed by atoms with Crippen LogP contribution in [0.4, 0.5) is 11.5 Å². The summed E-state index contributed by atoms with van der Waals surface area (Å²) in [5.74, 6) is -0.212. The Bertz CT molecular complexity index is 641. The van der Waals surface area contributed by atoms with Gasteiger partial charge in [-0.05, 0) is 24.3 Å². The summed E-state index contributed by atoms with van der Waals surface area (Å²) >= 11 is 5.73. The average molecular weight is 290 g/mol. The van der Waals surface area contributed by atoms with E-state index in [0.717, 1.165) is 0 Å². The largest absolute Gasteiger partial charge is 0.326 e. The van der Waals surface area contributed by atoms with Gasteiger partial charge < -0.3 is 10.6 Å². The van der Waals surface area contributed by atoms with Crippen molar-refractivity contribution in [2.75, 3.05) is 10.6 Å². The van der Waals surface area contributed by atoms with Crippen LogP contribution in [0.2, 0.25) is 5.02 Å². The molecule has 0 atom stereocenters. The number of amides is 2. The molecule has 0 fully saturated rings. The standard InChI is InChI=1S/C14H12ClN3O2/c1-9(19)17-12-5-3-2-4-11(12)14(20)18-13-7-6-10(15)8-16-13/h2-8H,1H3,(H,17,19)(H,16,18,20). The van der Waals surface area contributed by atoms with Crippen molar-refractivity contribution in [2.24, 2.45) is 0 Å². The number of nitrogens with zero attached hydrogens (tertiary/aromatic N) is 1. The SMILES string of the molecule is CC(=O)Nc1ccccc1C(=O)Nc1ccc(Cl)cn1. The van der Waals surface area contributed by atoms with Crippen LogP contribution >= 0.6 is 11.6 Å². The zero-order chi connectivity index (χ0) is 14.5. The molecule has 2 amide bonds. The van der Waals surface area contributed by atoms with Gasteiger partial charge in [-0.15, -0.1) is 0 Å². The van der Waals surface area contributed by atoms with Gasteiger partial charge in [-0.2, -0.15) is 0 Å². The van der Waals surface area contributed by atoms with Crippen LogP contribution in [-0.2, 0) is 4.79 Å². The summed E-state index contributed by atoms with van der Waals surface area (Å²) in [4.78, 5) is 27.3. The summed E-state index contributed by atoms with van der Waals surface area (Å²) in [6.07, 6.45) is 1.44. The summed E-state index contributed by atoms with van der Waals surface area (Å²) < 4.78 is 0. The molecule has 6 heteroatoms. The first-order valence-electron chi connectivity index (χ1n) is 5.86. The number of carbonyl (C=O) groups excluding carboxylic acids is 2. The summed E-state index contributed by atoms with van der Waals surface area (Å²) in [7, 11) is 0. The number of rotatable bonds is 3. The minimum atomic E-state index is -0.357. The van der Waals surface area contributed by atoms with Crippen molar-refractivity contribution >= 4 is 34.9 Å². The molecule has 1 aromatic carbocycles. The van der Waals surface area contributed by atoms with Gasteiger partial charge in [0.05, 0.1) is 16.3 Å². The van der Waals surface area contributed by atoms with Crippen LogP contribution < -0.4 is 10.6 Å². The van der Waals surface area contributed by atoms with Gasteiger partial charge in [0.15, 0.2) is 0 Å². The molecule has 0 bridgehead atoms. The molecule has 1 aromatic heterocycles. The Morgan fingerprint density at radius 1 is 1.10 bits per heavy atom. The molecule has 0 spiro atoms. The van der Waals surface area contributed by atoms with Gasteiger partial charge in [-0.3, -0.25) is 9.59 Å². The third-order valence-corrected chi connectivity index (χ3v) is 2.67. The van der Waals surface area contributed by atoms with Crippen molar-refractivity contribution in [3.63, 3.8) is 0 Å². The minimum Gasteiger partial charge on any atom is -0.326 e. The Kier molecular flexibility index (Phi) is 4.32. The van der Waals surface area contributed by atoms with Crippen molar-refractivity contribution in [2.45, 2.75) is 6.92 Å². The van der Waals surface area contributed by atoms with E-state index < -0.39 is 0 Å². The van der Waals surface area contributed by atoms with Gasteiger partial charge in [-0.1, -0.05) is 23.7 Å². The molecule has 0 aliphatic heterocycles. The van der Waals surface area contributed by atoms with E-state index in [4.69, 9.17) is 11.6 Å². The number of hydrogen-bond donors (Lipinski definition) is 2. The summed E-state index contributed by atoms with van der Waals surface area (Å²) in [6, 6.07) is 9.96. The van der Waals surface area contributed by atoms with Crippen molar-refractivity contribution in [3.8, 4) is 0 Å². The van der Waals surface area contributed by atoms with Crippen LogP contribution in [0.1, 0.15) is 17.3 Å². The molecule has 0 aliphatic rings. The topological polar surface area (TPSA) is 71.1 Å². The highest BCUT2D eigenvalue weighted by atomic mass is 35.5. The van der Waals surface area contributed by atoms with Crippen LogP contribution in [0.25, 0.3) is 0 Å². The van der Waals surface area contributed by atoms with Crippen LogP contribution in [0.3, 0.4) is 0 Å². The number of aromatic nitrogens is 1. The fraction of sp³-hybridized carbons (Fsp3) is 0.0714. The Morgan fingerprint density at radius 3 is 2.50 bits per heavy atom. The van der Waals surface area contributed by atoms with Crippen LogP contribution in [0.15, 0.2) is 42.6 Å². The fourth-order valence-electron chi connectivity index (χ4n) is 1.61. The lowest BCUT2D eigenvalue weighted by Gasteiger charge is -2.09. The Balaban J connectivity index is 2.20. The van der Waals surface area contributed by atoms with Gasteiger partial charge in [0.1, 0.15) is 5.82 Å². The summed E-state index contributed by atoms with van der Waals surface area (Å²) in [5.41, 5.74) is 0.811. The maximum atomic E-state index is 12.2. The number of carbonyl (C=O) groups is 2. The normalized spacial score (nSPS) is 9.90. The summed E-state index contributed by atoms with van der Waals surface area (Å²) in [5, 5.41) is 5.73. The second kappa shape index (κ2) is 6.16. The van der Waals surface area contributed by atoms with Gasteiger partial charge in [0.25, 0.3) is 5.91 Å². The van der Waals surface area contributed by atoms with E-state index in [1.807, 2.05) is 0 Å². The highest BCUT2D eigenvalue weighted by Crippen LogP contribution is 2.17. The second-order valence-corrected chi connectivity index (χ2v) is 4.48. The third kappa shape index (κ3) is 3.55. The van der Waals surface area contributed by atoms with E-state index in [0.29, 0.717) is 22.1 Å². The smallest absolute Gasteiger partial charge is 0.258 e. The number of anilines is 2. The molecule has 1 heterocycles. The van der Waals surface area contributed by atoms with Crippen LogP contribution in [-0.4, -0.2) is 16.8 Å². The Morgan fingerprint density at radius 2 is 1.85 bits per heavy atom. The maximum absolute atomic E-state index is 12.2. The van der Waals surface area contributed by atoms with Crippen LogP contribution in [0, 0.1) is 0 Å². The number of halogens is 1. The van der Waals surface area contributed by atoms with Gasteiger partial charge in [-0.25, -0.2) is 4.98 Å². The van der Waals surface area contributed by atoms with Gasteiger partial charge in [0, 0.05) is 13.1 Å². The van der Waals surface area contributed by atoms with E-state index in [1.54, 1.807) is 36.4 Å². The molecule has 2 aromatic rings. The molecule has 5 nitrogen and oxygen atoms in total. The monoisotopic (exact) mass is 289 g/mol. The number of hydrogen-bond acceptors (Lipinski definition) is 3. The highest BCUT2D eigenvalue weighted by Gasteiger charge is 2.12. The van der Waals surface area contributed by atoms with E-state index in [-0.39, 0.29) is 11.8 Å².